The van der Waals surface area contributed by atoms with Crippen LogP contribution in [0.1, 0.15) is 18.4 Å². The highest BCUT2D eigenvalue weighted by Crippen LogP contribution is 2.29. The van der Waals surface area contributed by atoms with E-state index in [-0.39, 0.29) is 15.3 Å². The minimum Gasteiger partial charge on any atom is -0.384 e. The number of nitrogens with one attached hydrogen (secondary N) is 2. The van der Waals surface area contributed by atoms with E-state index < -0.39 is 10.0 Å². The fourth-order valence-electron chi connectivity index (χ4n) is 2.79. The summed E-state index contributed by atoms with van der Waals surface area (Å²) in [4.78, 5) is 0.126. The number of piperidine rings is 1. The van der Waals surface area contributed by atoms with E-state index in [0.717, 1.165) is 31.5 Å². The van der Waals surface area contributed by atoms with Crippen LogP contribution in [0.15, 0.2) is 23.1 Å². The van der Waals surface area contributed by atoms with Crippen molar-refractivity contribution in [1.82, 2.24) is 10.0 Å². The summed E-state index contributed by atoms with van der Waals surface area (Å²) >= 11 is 6.08. The van der Waals surface area contributed by atoms with Crippen molar-refractivity contribution in [3.05, 3.63) is 28.8 Å². The normalized spacial score (nSPS) is 18.3. The zero-order valence-corrected chi connectivity index (χ0v) is 14.6. The Balaban J connectivity index is 2.14. The summed E-state index contributed by atoms with van der Waals surface area (Å²) in [6.07, 6.45) is 1.76. The standard InChI is InChI=1S/C15H23ClN2O3S/c1-12-3-4-14(13(16)9-12)22(19,20)18-10-15(11-21-2)5-7-17-8-6-15/h3-4,9,17-18H,5-8,10-11H2,1-2H3. The lowest BCUT2D eigenvalue weighted by molar-refractivity contribution is 0.0577. The number of hydrogen-bond acceptors (Lipinski definition) is 4. The molecule has 0 aliphatic carbocycles. The van der Waals surface area contributed by atoms with E-state index in [9.17, 15) is 8.42 Å². The molecule has 1 saturated heterocycles. The second kappa shape index (κ2) is 7.27. The highest BCUT2D eigenvalue weighted by molar-refractivity contribution is 7.89. The zero-order chi connectivity index (χ0) is 16.2. The van der Waals surface area contributed by atoms with Gasteiger partial charge in [-0.3, -0.25) is 0 Å². The molecule has 0 atom stereocenters. The first-order valence-corrected chi connectivity index (χ1v) is 9.20. The van der Waals surface area contributed by atoms with Gasteiger partial charge in [0.25, 0.3) is 0 Å². The fraction of sp³-hybridized carbons (Fsp3) is 0.600. The number of methoxy groups -OCH3 is 1. The van der Waals surface area contributed by atoms with Crippen molar-refractivity contribution in [1.29, 1.82) is 0 Å². The van der Waals surface area contributed by atoms with Gasteiger partial charge in [-0.15, -0.1) is 0 Å². The molecule has 0 radical (unpaired) electrons. The van der Waals surface area contributed by atoms with E-state index in [2.05, 4.69) is 10.0 Å². The van der Waals surface area contributed by atoms with Crippen LogP contribution >= 0.6 is 11.6 Å². The molecule has 1 aromatic carbocycles. The minimum absolute atomic E-state index is 0.126. The van der Waals surface area contributed by atoms with Crippen LogP contribution in [0.2, 0.25) is 5.02 Å². The number of sulfonamides is 1. The Bertz CT molecular complexity index is 608. The first kappa shape index (κ1) is 17.7. The lowest BCUT2D eigenvalue weighted by Crippen LogP contribution is -2.47. The Labute approximate surface area is 137 Å². The maximum atomic E-state index is 12.5. The van der Waals surface area contributed by atoms with Crippen LogP contribution in [0, 0.1) is 12.3 Å². The SMILES string of the molecule is COCC1(CNS(=O)(=O)c2ccc(C)cc2Cl)CCNCC1. The van der Waals surface area contributed by atoms with Gasteiger partial charge in [-0.05, 0) is 50.6 Å². The zero-order valence-electron chi connectivity index (χ0n) is 13.0. The number of rotatable bonds is 6. The summed E-state index contributed by atoms with van der Waals surface area (Å²) in [5.41, 5.74) is 0.766. The first-order chi connectivity index (χ1) is 10.4. The average Bonchev–Trinajstić information content (AvgIpc) is 2.46. The molecule has 0 spiro atoms. The summed E-state index contributed by atoms with van der Waals surface area (Å²) in [6.45, 7) is 4.51. The Morgan fingerprint density at radius 1 is 1.36 bits per heavy atom. The number of halogens is 1. The fourth-order valence-corrected chi connectivity index (χ4v) is 4.54. The summed E-state index contributed by atoms with van der Waals surface area (Å²) in [5, 5.41) is 3.54. The van der Waals surface area contributed by atoms with E-state index in [1.54, 1.807) is 25.3 Å². The molecule has 0 bridgehead atoms. The van der Waals surface area contributed by atoms with Gasteiger partial charge in [-0.2, -0.15) is 0 Å². The number of ether oxygens (including phenoxy) is 1. The minimum atomic E-state index is -3.62. The van der Waals surface area contributed by atoms with E-state index in [1.807, 2.05) is 6.92 Å². The van der Waals surface area contributed by atoms with Crippen molar-refractivity contribution in [3.63, 3.8) is 0 Å². The molecule has 1 fully saturated rings. The van der Waals surface area contributed by atoms with Crippen LogP contribution in [0.5, 0.6) is 0 Å². The largest absolute Gasteiger partial charge is 0.384 e. The Kier molecular flexibility index (Phi) is 5.85. The van der Waals surface area contributed by atoms with Crippen LogP contribution in [0.25, 0.3) is 0 Å². The molecular formula is C15H23ClN2O3S. The van der Waals surface area contributed by atoms with Crippen LogP contribution < -0.4 is 10.0 Å². The maximum absolute atomic E-state index is 12.5. The molecule has 7 heteroatoms. The van der Waals surface area contributed by atoms with Gasteiger partial charge in [0.15, 0.2) is 0 Å². The first-order valence-electron chi connectivity index (χ1n) is 7.34. The van der Waals surface area contributed by atoms with E-state index >= 15 is 0 Å². The van der Waals surface area contributed by atoms with Crippen molar-refractivity contribution in [3.8, 4) is 0 Å². The molecule has 1 heterocycles. The van der Waals surface area contributed by atoms with Gasteiger partial charge >= 0.3 is 0 Å². The predicted molar refractivity (Wildman–Crippen MR) is 87.8 cm³/mol. The maximum Gasteiger partial charge on any atom is 0.242 e. The van der Waals surface area contributed by atoms with Crippen molar-refractivity contribution in [2.24, 2.45) is 5.41 Å². The topological polar surface area (TPSA) is 67.4 Å². The number of aryl methyl sites for hydroxylation is 1. The van der Waals surface area contributed by atoms with Gasteiger partial charge in [0.2, 0.25) is 10.0 Å². The third kappa shape index (κ3) is 4.20. The molecule has 0 aromatic heterocycles. The molecule has 1 aliphatic rings. The van der Waals surface area contributed by atoms with Gasteiger partial charge < -0.3 is 10.1 Å². The van der Waals surface area contributed by atoms with Crippen LogP contribution in [-0.2, 0) is 14.8 Å². The number of hydrogen-bond donors (Lipinski definition) is 2. The summed E-state index contributed by atoms with van der Waals surface area (Å²) in [6, 6.07) is 4.95. The summed E-state index contributed by atoms with van der Waals surface area (Å²) in [5.74, 6) is 0. The van der Waals surface area contributed by atoms with Gasteiger partial charge in [0.1, 0.15) is 4.90 Å². The van der Waals surface area contributed by atoms with E-state index in [1.165, 1.54) is 0 Å². The second-order valence-electron chi connectivity index (χ2n) is 5.94. The van der Waals surface area contributed by atoms with Crippen molar-refractivity contribution in [2.45, 2.75) is 24.7 Å². The molecule has 5 nitrogen and oxygen atoms in total. The van der Waals surface area contributed by atoms with Gasteiger partial charge in [-0.25, -0.2) is 13.1 Å². The quantitative estimate of drug-likeness (QED) is 0.826. The third-order valence-corrected chi connectivity index (χ3v) is 6.01. The summed E-state index contributed by atoms with van der Waals surface area (Å²) in [7, 11) is -1.97. The van der Waals surface area contributed by atoms with Gasteiger partial charge in [0, 0.05) is 19.1 Å². The van der Waals surface area contributed by atoms with Crippen LogP contribution in [0.4, 0.5) is 0 Å². The molecule has 22 heavy (non-hydrogen) atoms. The van der Waals surface area contributed by atoms with Crippen molar-refractivity contribution >= 4 is 21.6 Å². The van der Waals surface area contributed by atoms with Crippen LogP contribution in [0.3, 0.4) is 0 Å². The van der Waals surface area contributed by atoms with Crippen molar-refractivity contribution < 1.29 is 13.2 Å². The molecule has 0 unspecified atom stereocenters. The van der Waals surface area contributed by atoms with Crippen molar-refractivity contribution in [2.75, 3.05) is 33.4 Å². The van der Waals surface area contributed by atoms with E-state index in [4.69, 9.17) is 16.3 Å². The molecule has 1 aliphatic heterocycles. The number of benzene rings is 1. The Hall–Kier alpha value is -0.660. The molecule has 0 saturated carbocycles. The van der Waals surface area contributed by atoms with Gasteiger partial charge in [-0.1, -0.05) is 17.7 Å². The lowest BCUT2D eigenvalue weighted by Gasteiger charge is -2.37. The van der Waals surface area contributed by atoms with Gasteiger partial charge in [0.05, 0.1) is 11.6 Å². The third-order valence-electron chi connectivity index (χ3n) is 4.13. The summed E-state index contributed by atoms with van der Waals surface area (Å²) < 4.78 is 33.0. The van der Waals surface area contributed by atoms with E-state index in [0.29, 0.717) is 13.2 Å². The average molecular weight is 347 g/mol. The smallest absolute Gasteiger partial charge is 0.242 e. The lowest BCUT2D eigenvalue weighted by atomic mass is 9.80. The highest BCUT2D eigenvalue weighted by Gasteiger charge is 2.33. The molecular weight excluding hydrogens is 324 g/mol. The Morgan fingerprint density at radius 2 is 2.05 bits per heavy atom. The predicted octanol–water partition coefficient (Wildman–Crippen LogP) is 1.94. The van der Waals surface area contributed by atoms with Crippen LogP contribution in [-0.4, -0.2) is 41.8 Å². The monoisotopic (exact) mass is 346 g/mol. The Morgan fingerprint density at radius 3 is 2.64 bits per heavy atom. The molecule has 1 aromatic rings. The molecule has 124 valence electrons. The highest BCUT2D eigenvalue weighted by atomic mass is 35.5. The second-order valence-corrected chi connectivity index (χ2v) is 8.08. The molecule has 2 rings (SSSR count). The molecule has 2 N–H and O–H groups in total. The molecule has 0 amide bonds.